The molecule has 2 atom stereocenters. The average Bonchev–Trinajstić information content (AvgIpc) is 2.87. The summed E-state index contributed by atoms with van der Waals surface area (Å²) in [4.78, 5) is 2.48. The van der Waals surface area contributed by atoms with E-state index in [2.05, 4.69) is 18.7 Å². The van der Waals surface area contributed by atoms with Gasteiger partial charge in [-0.05, 0) is 57.7 Å². The van der Waals surface area contributed by atoms with Crippen molar-refractivity contribution < 1.29 is 4.74 Å². The number of ether oxygens (including phenoxy) is 1. The second-order valence-electron chi connectivity index (χ2n) is 6.47. The first-order valence-corrected chi connectivity index (χ1v) is 8.31. The van der Waals surface area contributed by atoms with E-state index >= 15 is 0 Å². The lowest BCUT2D eigenvalue weighted by Gasteiger charge is -2.40. The van der Waals surface area contributed by atoms with Crippen LogP contribution in [0.1, 0.15) is 58.8 Å². The second-order valence-corrected chi connectivity index (χ2v) is 6.47. The standard InChI is InChI=1S/C16H32N2O/c1-3-18(4-2)11-7-15(17)14-8-12-19-16(13-14)9-5-6-10-16/h14-15H,3-13,17H2,1-2H3. The van der Waals surface area contributed by atoms with Gasteiger partial charge in [0.05, 0.1) is 5.60 Å². The molecule has 2 unspecified atom stereocenters. The van der Waals surface area contributed by atoms with Crippen molar-refractivity contribution >= 4 is 0 Å². The Hall–Kier alpha value is -0.120. The third-order valence-electron chi connectivity index (χ3n) is 5.32. The van der Waals surface area contributed by atoms with Gasteiger partial charge in [-0.25, -0.2) is 0 Å². The van der Waals surface area contributed by atoms with Gasteiger partial charge in [-0.2, -0.15) is 0 Å². The van der Waals surface area contributed by atoms with Crippen LogP contribution in [0.4, 0.5) is 0 Å². The topological polar surface area (TPSA) is 38.5 Å². The zero-order valence-corrected chi connectivity index (χ0v) is 12.9. The fourth-order valence-corrected chi connectivity index (χ4v) is 3.91. The van der Waals surface area contributed by atoms with Crippen molar-refractivity contribution in [1.29, 1.82) is 0 Å². The van der Waals surface area contributed by atoms with Crippen LogP contribution in [0.5, 0.6) is 0 Å². The Bertz CT molecular complexity index is 259. The Morgan fingerprint density at radius 3 is 2.58 bits per heavy atom. The molecule has 0 radical (unpaired) electrons. The highest BCUT2D eigenvalue weighted by atomic mass is 16.5. The molecule has 0 bridgehead atoms. The molecule has 0 aromatic carbocycles. The summed E-state index contributed by atoms with van der Waals surface area (Å²) in [6.07, 6.45) is 8.76. The smallest absolute Gasteiger partial charge is 0.0685 e. The maximum atomic E-state index is 6.47. The van der Waals surface area contributed by atoms with Crippen LogP contribution in [-0.2, 0) is 4.74 Å². The highest BCUT2D eigenvalue weighted by Gasteiger charge is 2.41. The van der Waals surface area contributed by atoms with Crippen LogP contribution in [0.3, 0.4) is 0 Å². The molecule has 0 aromatic rings. The lowest BCUT2D eigenvalue weighted by Crippen LogP contribution is -2.44. The quantitative estimate of drug-likeness (QED) is 0.805. The summed E-state index contributed by atoms with van der Waals surface area (Å²) < 4.78 is 6.11. The third-order valence-corrected chi connectivity index (χ3v) is 5.32. The molecule has 0 aromatic heterocycles. The molecule has 2 N–H and O–H groups in total. The summed E-state index contributed by atoms with van der Waals surface area (Å²) in [5.74, 6) is 0.683. The number of nitrogens with zero attached hydrogens (tertiary/aromatic N) is 1. The maximum absolute atomic E-state index is 6.47. The molecular weight excluding hydrogens is 236 g/mol. The van der Waals surface area contributed by atoms with E-state index in [1.807, 2.05) is 0 Å². The van der Waals surface area contributed by atoms with Gasteiger partial charge >= 0.3 is 0 Å². The molecule has 1 saturated heterocycles. The minimum Gasteiger partial charge on any atom is -0.375 e. The Balaban J connectivity index is 1.80. The van der Waals surface area contributed by atoms with Crippen molar-refractivity contribution in [3.8, 4) is 0 Å². The van der Waals surface area contributed by atoms with Crippen LogP contribution < -0.4 is 5.73 Å². The van der Waals surface area contributed by atoms with Crippen LogP contribution >= 0.6 is 0 Å². The minimum atomic E-state index is 0.218. The minimum absolute atomic E-state index is 0.218. The summed E-state index contributed by atoms with van der Waals surface area (Å²) in [5, 5.41) is 0. The molecule has 2 aliphatic rings. The number of hydrogen-bond donors (Lipinski definition) is 1. The first-order valence-electron chi connectivity index (χ1n) is 8.31. The Morgan fingerprint density at radius 1 is 1.26 bits per heavy atom. The lowest BCUT2D eigenvalue weighted by molar-refractivity contribution is -0.0966. The summed E-state index contributed by atoms with van der Waals surface area (Å²) in [7, 11) is 0. The van der Waals surface area contributed by atoms with Gasteiger partial charge in [-0.15, -0.1) is 0 Å². The van der Waals surface area contributed by atoms with Crippen molar-refractivity contribution in [2.45, 2.75) is 70.4 Å². The molecule has 1 spiro atoms. The second kappa shape index (κ2) is 7.05. The predicted molar refractivity (Wildman–Crippen MR) is 80.3 cm³/mol. The van der Waals surface area contributed by atoms with Gasteiger partial charge in [-0.3, -0.25) is 0 Å². The molecule has 19 heavy (non-hydrogen) atoms. The molecular formula is C16H32N2O. The highest BCUT2D eigenvalue weighted by molar-refractivity contribution is 4.93. The number of nitrogens with two attached hydrogens (primary N) is 1. The Labute approximate surface area is 118 Å². The number of rotatable bonds is 6. The SMILES string of the molecule is CCN(CC)CCC(N)C1CCOC2(CCCC2)C1. The van der Waals surface area contributed by atoms with E-state index < -0.39 is 0 Å². The van der Waals surface area contributed by atoms with Gasteiger partial charge in [0, 0.05) is 12.6 Å². The number of hydrogen-bond acceptors (Lipinski definition) is 3. The summed E-state index contributed by atoms with van der Waals surface area (Å²) in [6.45, 7) is 8.83. The van der Waals surface area contributed by atoms with E-state index in [0.29, 0.717) is 12.0 Å². The van der Waals surface area contributed by atoms with E-state index in [9.17, 15) is 0 Å². The van der Waals surface area contributed by atoms with Gasteiger partial charge in [-0.1, -0.05) is 26.7 Å². The van der Waals surface area contributed by atoms with Gasteiger partial charge < -0.3 is 15.4 Å². The molecule has 2 rings (SSSR count). The zero-order valence-electron chi connectivity index (χ0n) is 12.9. The molecule has 2 fully saturated rings. The van der Waals surface area contributed by atoms with Crippen molar-refractivity contribution in [3.63, 3.8) is 0 Å². The Morgan fingerprint density at radius 2 is 1.95 bits per heavy atom. The van der Waals surface area contributed by atoms with E-state index in [1.54, 1.807) is 0 Å². The fourth-order valence-electron chi connectivity index (χ4n) is 3.91. The van der Waals surface area contributed by atoms with Crippen molar-refractivity contribution in [2.75, 3.05) is 26.2 Å². The van der Waals surface area contributed by atoms with Crippen LogP contribution in [0.15, 0.2) is 0 Å². The summed E-state index contributed by atoms with van der Waals surface area (Å²) in [6, 6.07) is 0.363. The summed E-state index contributed by atoms with van der Waals surface area (Å²) in [5.41, 5.74) is 6.69. The molecule has 0 amide bonds. The normalized spacial score (nSPS) is 28.1. The molecule has 1 saturated carbocycles. The third kappa shape index (κ3) is 3.93. The van der Waals surface area contributed by atoms with E-state index in [0.717, 1.165) is 32.7 Å². The summed E-state index contributed by atoms with van der Waals surface area (Å²) >= 11 is 0. The molecule has 3 nitrogen and oxygen atoms in total. The molecule has 1 aliphatic carbocycles. The maximum Gasteiger partial charge on any atom is 0.0685 e. The van der Waals surface area contributed by atoms with Gasteiger partial charge in [0.25, 0.3) is 0 Å². The molecule has 112 valence electrons. The lowest BCUT2D eigenvalue weighted by atomic mass is 9.80. The van der Waals surface area contributed by atoms with Gasteiger partial charge in [0.15, 0.2) is 0 Å². The van der Waals surface area contributed by atoms with Crippen LogP contribution in [0.25, 0.3) is 0 Å². The monoisotopic (exact) mass is 268 g/mol. The Kier molecular flexibility index (Phi) is 5.67. The molecule has 3 heteroatoms. The van der Waals surface area contributed by atoms with Crippen LogP contribution in [0, 0.1) is 5.92 Å². The van der Waals surface area contributed by atoms with Crippen LogP contribution in [-0.4, -0.2) is 42.8 Å². The predicted octanol–water partition coefficient (Wildman–Crippen LogP) is 2.79. The largest absolute Gasteiger partial charge is 0.375 e. The first-order chi connectivity index (χ1) is 9.19. The van der Waals surface area contributed by atoms with Gasteiger partial charge in [0.1, 0.15) is 0 Å². The first kappa shape index (κ1) is 15.3. The van der Waals surface area contributed by atoms with E-state index in [4.69, 9.17) is 10.5 Å². The van der Waals surface area contributed by atoms with Crippen molar-refractivity contribution in [3.05, 3.63) is 0 Å². The van der Waals surface area contributed by atoms with Crippen molar-refractivity contribution in [2.24, 2.45) is 11.7 Å². The zero-order chi connectivity index (χ0) is 13.7. The fraction of sp³-hybridized carbons (Fsp3) is 1.00. The van der Waals surface area contributed by atoms with Gasteiger partial charge in [0.2, 0.25) is 0 Å². The average molecular weight is 268 g/mol. The molecule has 1 heterocycles. The van der Waals surface area contributed by atoms with Crippen molar-refractivity contribution in [1.82, 2.24) is 4.90 Å². The highest BCUT2D eigenvalue weighted by Crippen LogP contribution is 2.42. The molecule has 1 aliphatic heterocycles. The van der Waals surface area contributed by atoms with E-state index in [1.165, 1.54) is 38.5 Å². The van der Waals surface area contributed by atoms with Crippen LogP contribution in [0.2, 0.25) is 0 Å². The van der Waals surface area contributed by atoms with E-state index in [-0.39, 0.29) is 5.60 Å².